The molecule has 1 N–H and O–H groups in total. The highest BCUT2D eigenvalue weighted by Gasteiger charge is 2.33. The third-order valence-electron chi connectivity index (χ3n) is 10.7. The van der Waals surface area contributed by atoms with Gasteiger partial charge in [-0.05, 0) is 118 Å². The van der Waals surface area contributed by atoms with Crippen molar-refractivity contribution in [1.82, 2.24) is 15.1 Å². The van der Waals surface area contributed by atoms with Crippen molar-refractivity contribution in [3.8, 4) is 16.9 Å². The molecule has 3 aliphatic rings. The molecule has 0 unspecified atom stereocenters. The molecule has 0 aliphatic heterocycles. The Morgan fingerprint density at radius 1 is 0.896 bits per heavy atom. The Bertz CT molecular complexity index is 1580. The van der Waals surface area contributed by atoms with Gasteiger partial charge >= 0.3 is 5.97 Å². The molecule has 256 valence electrons. The van der Waals surface area contributed by atoms with Crippen LogP contribution in [-0.2, 0) is 19.1 Å². The third-order valence-corrected chi connectivity index (χ3v) is 10.7. The summed E-state index contributed by atoms with van der Waals surface area (Å²) in [4.78, 5) is 40.3. The fraction of sp³-hybridized carbons (Fsp3) is 0.538. The van der Waals surface area contributed by atoms with Gasteiger partial charge in [0, 0.05) is 42.4 Å². The Morgan fingerprint density at radius 2 is 1.67 bits per heavy atom. The Balaban J connectivity index is 1.13. The van der Waals surface area contributed by atoms with Gasteiger partial charge in [-0.3, -0.25) is 19.1 Å². The Hall–Kier alpha value is -4.14. The number of carbonyl (C=O) groups excluding carboxylic acids is 3. The van der Waals surface area contributed by atoms with E-state index >= 15 is 0 Å². The summed E-state index contributed by atoms with van der Waals surface area (Å²) in [6.45, 7) is 2.82. The molecule has 3 aromatic rings. The highest BCUT2D eigenvalue weighted by molar-refractivity contribution is 5.95. The molecule has 3 saturated carbocycles. The van der Waals surface area contributed by atoms with Gasteiger partial charge in [0.25, 0.3) is 0 Å². The van der Waals surface area contributed by atoms with Crippen molar-refractivity contribution < 1.29 is 23.9 Å². The van der Waals surface area contributed by atoms with Crippen LogP contribution in [0.5, 0.6) is 5.75 Å². The van der Waals surface area contributed by atoms with Gasteiger partial charge in [0.2, 0.25) is 11.8 Å². The second-order valence-electron chi connectivity index (χ2n) is 14.1. The minimum absolute atomic E-state index is 0.0239. The average molecular weight is 655 g/mol. The van der Waals surface area contributed by atoms with Crippen molar-refractivity contribution in [2.24, 2.45) is 11.8 Å². The van der Waals surface area contributed by atoms with Gasteiger partial charge in [0.15, 0.2) is 0 Å². The number of aromatic nitrogens is 2. The lowest BCUT2D eigenvalue weighted by atomic mass is 9.78. The molecule has 6 rings (SSSR count). The van der Waals surface area contributed by atoms with Crippen LogP contribution in [0.25, 0.3) is 11.1 Å². The number of ether oxygens (including phenoxy) is 2. The Labute approximate surface area is 284 Å². The lowest BCUT2D eigenvalue weighted by molar-refractivity contribution is -0.142. The fourth-order valence-electron chi connectivity index (χ4n) is 7.62. The standard InChI is InChI=1S/C39H50N4O5/c1-26-21-31(13-18-36(26)47-2)28-9-7-27(8-10-28)24-42(35-6-4-5-30(22-35)32-23-40-43(25-32)34-16-17-34)39(46)29-11-14-33(15-12-29)41-37(44)19-20-38(45)48-3/h4-6,13,18,21-23,25,27-29,33-34H,7-12,14-17,19-20,24H2,1-3H3,(H,41,44). The molecule has 3 aliphatic carbocycles. The molecule has 2 amide bonds. The SMILES string of the molecule is COC(=O)CCC(=O)NC1CCC(C(=O)N(CC2CCC(c3ccc(OC)c(C)c3)CC2)c2cccc(-c3cnn(C4CC4)c3)c2)CC1. The predicted molar refractivity (Wildman–Crippen MR) is 186 cm³/mol. The van der Waals surface area contributed by atoms with Crippen LogP contribution in [0.4, 0.5) is 5.69 Å². The van der Waals surface area contributed by atoms with E-state index in [4.69, 9.17) is 4.74 Å². The second-order valence-corrected chi connectivity index (χ2v) is 14.1. The lowest BCUT2D eigenvalue weighted by Gasteiger charge is -2.36. The van der Waals surface area contributed by atoms with Gasteiger partial charge in [-0.15, -0.1) is 0 Å². The first-order chi connectivity index (χ1) is 23.3. The summed E-state index contributed by atoms with van der Waals surface area (Å²) in [5, 5.41) is 7.67. The van der Waals surface area contributed by atoms with Crippen LogP contribution in [0.15, 0.2) is 54.9 Å². The Morgan fingerprint density at radius 3 is 2.35 bits per heavy atom. The first-order valence-electron chi connectivity index (χ1n) is 17.8. The molecule has 9 nitrogen and oxygen atoms in total. The molecule has 0 atom stereocenters. The largest absolute Gasteiger partial charge is 0.496 e. The number of esters is 1. The number of amides is 2. The average Bonchev–Trinajstić information content (AvgIpc) is 3.85. The van der Waals surface area contributed by atoms with Crippen LogP contribution in [0.2, 0.25) is 0 Å². The summed E-state index contributed by atoms with van der Waals surface area (Å²) in [7, 11) is 3.05. The van der Waals surface area contributed by atoms with Crippen LogP contribution in [0, 0.1) is 18.8 Å². The van der Waals surface area contributed by atoms with Gasteiger partial charge in [0.1, 0.15) is 5.75 Å². The van der Waals surface area contributed by atoms with E-state index in [9.17, 15) is 14.4 Å². The molecule has 0 radical (unpaired) electrons. The zero-order valence-corrected chi connectivity index (χ0v) is 28.7. The van der Waals surface area contributed by atoms with E-state index in [0.717, 1.165) is 73.9 Å². The van der Waals surface area contributed by atoms with E-state index in [-0.39, 0.29) is 42.6 Å². The minimum atomic E-state index is -0.385. The van der Waals surface area contributed by atoms with Gasteiger partial charge in [-0.1, -0.05) is 24.3 Å². The maximum absolute atomic E-state index is 14.4. The molecule has 1 heterocycles. The summed E-state index contributed by atoms with van der Waals surface area (Å²) in [5.74, 6) is 1.45. The monoisotopic (exact) mass is 654 g/mol. The number of nitrogens with zero attached hydrogens (tertiary/aromatic N) is 3. The molecule has 0 bridgehead atoms. The van der Waals surface area contributed by atoms with Crippen molar-refractivity contribution in [3.05, 3.63) is 66.0 Å². The maximum Gasteiger partial charge on any atom is 0.306 e. The van der Waals surface area contributed by atoms with E-state index in [1.165, 1.54) is 31.1 Å². The van der Waals surface area contributed by atoms with Gasteiger partial charge in [-0.2, -0.15) is 5.10 Å². The van der Waals surface area contributed by atoms with Crippen LogP contribution >= 0.6 is 0 Å². The van der Waals surface area contributed by atoms with E-state index in [0.29, 0.717) is 24.4 Å². The maximum atomic E-state index is 14.4. The minimum Gasteiger partial charge on any atom is -0.496 e. The van der Waals surface area contributed by atoms with Crippen LogP contribution in [-0.4, -0.2) is 54.4 Å². The number of methoxy groups -OCH3 is 2. The molecular weight excluding hydrogens is 604 g/mol. The summed E-state index contributed by atoms with van der Waals surface area (Å²) < 4.78 is 12.2. The summed E-state index contributed by atoms with van der Waals surface area (Å²) in [6, 6.07) is 15.5. The molecule has 1 aromatic heterocycles. The summed E-state index contributed by atoms with van der Waals surface area (Å²) in [6.07, 6.45) is 14.0. The quantitative estimate of drug-likeness (QED) is 0.208. The third kappa shape index (κ3) is 8.28. The van der Waals surface area contributed by atoms with Crippen molar-refractivity contribution in [2.45, 2.75) is 102 Å². The number of carbonyl (C=O) groups is 3. The number of rotatable bonds is 12. The highest BCUT2D eigenvalue weighted by Crippen LogP contribution is 2.39. The molecule has 0 saturated heterocycles. The number of nitrogens with one attached hydrogen (secondary N) is 1. The van der Waals surface area contributed by atoms with Crippen molar-refractivity contribution in [3.63, 3.8) is 0 Å². The topological polar surface area (TPSA) is 103 Å². The van der Waals surface area contributed by atoms with Crippen LogP contribution in [0.3, 0.4) is 0 Å². The number of hydrogen-bond donors (Lipinski definition) is 1. The predicted octanol–water partition coefficient (Wildman–Crippen LogP) is 7.14. The number of aryl methyl sites for hydroxylation is 1. The van der Waals surface area contributed by atoms with E-state index < -0.39 is 0 Å². The van der Waals surface area contributed by atoms with Crippen molar-refractivity contribution in [1.29, 1.82) is 0 Å². The lowest BCUT2D eigenvalue weighted by Crippen LogP contribution is -2.44. The molecule has 0 spiro atoms. The molecule has 3 fully saturated rings. The van der Waals surface area contributed by atoms with Gasteiger partial charge in [-0.25, -0.2) is 0 Å². The summed E-state index contributed by atoms with van der Waals surface area (Å²) >= 11 is 0. The molecule has 48 heavy (non-hydrogen) atoms. The smallest absolute Gasteiger partial charge is 0.306 e. The Kier molecular flexibility index (Phi) is 10.8. The van der Waals surface area contributed by atoms with E-state index in [1.807, 2.05) is 6.20 Å². The zero-order valence-electron chi connectivity index (χ0n) is 28.7. The zero-order chi connectivity index (χ0) is 33.6. The first kappa shape index (κ1) is 33.7. The van der Waals surface area contributed by atoms with E-state index in [1.54, 1.807) is 7.11 Å². The number of hydrogen-bond acceptors (Lipinski definition) is 6. The van der Waals surface area contributed by atoms with Gasteiger partial charge < -0.3 is 19.7 Å². The molecule has 9 heteroatoms. The second kappa shape index (κ2) is 15.4. The molecular formula is C39H50N4O5. The fourth-order valence-corrected chi connectivity index (χ4v) is 7.62. The van der Waals surface area contributed by atoms with Crippen LogP contribution in [0.1, 0.15) is 100 Å². The van der Waals surface area contributed by atoms with Gasteiger partial charge in [0.05, 0.1) is 32.9 Å². The normalized spacial score (nSPS) is 22.5. The highest BCUT2D eigenvalue weighted by atomic mass is 16.5. The van der Waals surface area contributed by atoms with Crippen LogP contribution < -0.4 is 15.0 Å². The number of benzene rings is 2. The first-order valence-corrected chi connectivity index (χ1v) is 17.8. The van der Waals surface area contributed by atoms with E-state index in [2.05, 4.69) is 80.3 Å². The van der Waals surface area contributed by atoms with Crippen molar-refractivity contribution in [2.75, 3.05) is 25.7 Å². The number of anilines is 1. The summed E-state index contributed by atoms with van der Waals surface area (Å²) in [5.41, 5.74) is 5.66. The molecule has 2 aromatic carbocycles. The van der Waals surface area contributed by atoms with Crippen molar-refractivity contribution >= 4 is 23.5 Å².